The normalized spacial score (nSPS) is 15.9. The predicted octanol–water partition coefficient (Wildman–Crippen LogP) is 3.59. The van der Waals surface area contributed by atoms with E-state index in [2.05, 4.69) is 9.46 Å². The maximum Gasteiger partial charge on any atom is 0.387 e. The van der Waals surface area contributed by atoms with E-state index < -0.39 is 26.7 Å². The Hall–Kier alpha value is -1.79. The molecule has 7 nitrogen and oxygen atoms in total. The second kappa shape index (κ2) is 9.78. The smallest absolute Gasteiger partial charge is 0.387 e. The summed E-state index contributed by atoms with van der Waals surface area (Å²) in [7, 11) is -7.55. The summed E-state index contributed by atoms with van der Waals surface area (Å²) in [6.45, 7) is -2.19. The molecule has 1 fully saturated rings. The van der Waals surface area contributed by atoms with E-state index in [9.17, 15) is 25.6 Å². The molecule has 31 heavy (non-hydrogen) atoms. The molecule has 2 aromatic rings. The van der Waals surface area contributed by atoms with E-state index >= 15 is 0 Å². The zero-order valence-corrected chi connectivity index (χ0v) is 18.7. The maximum atomic E-state index is 12.7. The highest BCUT2D eigenvalue weighted by Crippen LogP contribution is 2.28. The van der Waals surface area contributed by atoms with Crippen LogP contribution in [0.1, 0.15) is 24.8 Å². The van der Waals surface area contributed by atoms with Crippen molar-refractivity contribution in [3.05, 3.63) is 53.1 Å². The fourth-order valence-corrected chi connectivity index (χ4v) is 5.99. The van der Waals surface area contributed by atoms with E-state index in [0.717, 1.165) is 37.5 Å². The molecule has 0 aliphatic carbocycles. The Balaban J connectivity index is 1.67. The SMILES string of the molecule is O=S(=O)(NCc1ccc(S(=O)(=O)N2CCCCC2)cc1)c1ccc(OC(F)F)c(Cl)c1. The highest BCUT2D eigenvalue weighted by atomic mass is 35.5. The molecule has 1 aliphatic heterocycles. The van der Waals surface area contributed by atoms with Gasteiger partial charge in [-0.15, -0.1) is 0 Å². The highest BCUT2D eigenvalue weighted by Gasteiger charge is 2.25. The average Bonchev–Trinajstić information content (AvgIpc) is 2.74. The van der Waals surface area contributed by atoms with Gasteiger partial charge in [-0.05, 0) is 48.7 Å². The van der Waals surface area contributed by atoms with Gasteiger partial charge in [0.15, 0.2) is 0 Å². The molecule has 0 unspecified atom stereocenters. The van der Waals surface area contributed by atoms with Gasteiger partial charge in [0.25, 0.3) is 0 Å². The van der Waals surface area contributed by atoms with Gasteiger partial charge in [0.2, 0.25) is 20.0 Å². The minimum Gasteiger partial charge on any atom is -0.433 e. The second-order valence-corrected chi connectivity index (χ2v) is 11.0. The Morgan fingerprint density at radius 2 is 1.58 bits per heavy atom. The fraction of sp³-hybridized carbons (Fsp3) is 0.368. The Morgan fingerprint density at radius 3 is 2.16 bits per heavy atom. The van der Waals surface area contributed by atoms with Crippen LogP contribution in [0.15, 0.2) is 52.3 Å². The van der Waals surface area contributed by atoms with E-state index in [-0.39, 0.29) is 27.1 Å². The van der Waals surface area contributed by atoms with Crippen LogP contribution in [0.2, 0.25) is 5.02 Å². The standard InChI is InChI=1S/C19H21ClF2N2O5S2/c20-17-12-16(8-9-18(17)29-19(21)22)30(25,26)23-13-14-4-6-15(7-5-14)31(27,28)24-10-2-1-3-11-24/h4-9,12,19,23H,1-3,10-11,13H2. The number of rotatable bonds is 8. The average molecular weight is 495 g/mol. The first-order valence-corrected chi connectivity index (χ1v) is 12.7. The number of alkyl halides is 2. The molecule has 0 bridgehead atoms. The van der Waals surface area contributed by atoms with Gasteiger partial charge < -0.3 is 4.74 Å². The molecule has 1 saturated heterocycles. The van der Waals surface area contributed by atoms with Gasteiger partial charge >= 0.3 is 6.61 Å². The number of sulfonamides is 2. The van der Waals surface area contributed by atoms with Gasteiger partial charge in [-0.1, -0.05) is 30.2 Å². The van der Waals surface area contributed by atoms with Gasteiger partial charge in [0.1, 0.15) is 5.75 Å². The molecular weight excluding hydrogens is 474 g/mol. The second-order valence-electron chi connectivity index (χ2n) is 6.90. The summed E-state index contributed by atoms with van der Waals surface area (Å²) in [5.74, 6) is -0.332. The van der Waals surface area contributed by atoms with Crippen LogP contribution in [-0.4, -0.2) is 40.8 Å². The Bertz CT molecular complexity index is 1120. The third-order valence-electron chi connectivity index (χ3n) is 4.77. The molecule has 0 aromatic heterocycles. The Kier molecular flexibility index (Phi) is 7.53. The molecule has 0 spiro atoms. The van der Waals surface area contributed by atoms with Crippen molar-refractivity contribution in [2.24, 2.45) is 0 Å². The number of piperidine rings is 1. The van der Waals surface area contributed by atoms with Gasteiger partial charge in [0, 0.05) is 19.6 Å². The first-order chi connectivity index (χ1) is 14.6. The van der Waals surface area contributed by atoms with Crippen molar-refractivity contribution < 1.29 is 30.4 Å². The largest absolute Gasteiger partial charge is 0.433 e. The number of nitrogens with one attached hydrogen (secondary N) is 1. The number of ether oxygens (including phenoxy) is 1. The molecular formula is C19H21ClF2N2O5S2. The van der Waals surface area contributed by atoms with Crippen LogP contribution in [0.5, 0.6) is 5.75 Å². The molecule has 1 aliphatic rings. The van der Waals surface area contributed by atoms with Crippen LogP contribution in [0.3, 0.4) is 0 Å². The third-order valence-corrected chi connectivity index (χ3v) is 8.38. The molecule has 1 heterocycles. The van der Waals surface area contributed by atoms with Crippen molar-refractivity contribution in [2.75, 3.05) is 13.1 Å². The van der Waals surface area contributed by atoms with Gasteiger partial charge in [-0.3, -0.25) is 0 Å². The lowest BCUT2D eigenvalue weighted by atomic mass is 10.2. The molecule has 2 aromatic carbocycles. The molecule has 170 valence electrons. The lowest BCUT2D eigenvalue weighted by molar-refractivity contribution is -0.0498. The molecule has 0 radical (unpaired) electrons. The van der Waals surface area contributed by atoms with Crippen LogP contribution in [0.25, 0.3) is 0 Å². The van der Waals surface area contributed by atoms with Crippen LogP contribution >= 0.6 is 11.6 Å². The third kappa shape index (κ3) is 5.92. The molecule has 1 N–H and O–H groups in total. The summed E-state index contributed by atoms with van der Waals surface area (Å²) in [5.41, 5.74) is 0.546. The first kappa shape index (κ1) is 23.9. The van der Waals surface area contributed by atoms with Gasteiger partial charge in [-0.2, -0.15) is 13.1 Å². The summed E-state index contributed by atoms with van der Waals surface area (Å²) in [6, 6.07) is 9.11. The van der Waals surface area contributed by atoms with E-state index in [1.165, 1.54) is 28.6 Å². The number of benzene rings is 2. The molecule has 0 saturated carbocycles. The fourth-order valence-electron chi connectivity index (χ4n) is 3.14. The summed E-state index contributed by atoms with van der Waals surface area (Å²) < 4.78 is 82.9. The van der Waals surface area contributed by atoms with Gasteiger partial charge in [-0.25, -0.2) is 21.6 Å². The van der Waals surface area contributed by atoms with Crippen LogP contribution in [0.4, 0.5) is 8.78 Å². The Morgan fingerprint density at radius 1 is 0.968 bits per heavy atom. The summed E-state index contributed by atoms with van der Waals surface area (Å²) in [4.78, 5) is -0.0641. The summed E-state index contributed by atoms with van der Waals surface area (Å²) in [6.07, 6.45) is 2.68. The van der Waals surface area contributed by atoms with Gasteiger partial charge in [0.05, 0.1) is 14.8 Å². The van der Waals surface area contributed by atoms with Crippen LogP contribution in [0, 0.1) is 0 Å². The number of hydrogen-bond acceptors (Lipinski definition) is 5. The van der Waals surface area contributed by atoms with Crippen molar-refractivity contribution in [3.8, 4) is 5.75 Å². The zero-order chi connectivity index (χ0) is 22.6. The Labute approximate surface area is 185 Å². The van der Waals surface area contributed by atoms with E-state index in [1.807, 2.05) is 0 Å². The lowest BCUT2D eigenvalue weighted by Crippen LogP contribution is -2.35. The number of hydrogen-bond donors (Lipinski definition) is 1. The van der Waals surface area contributed by atoms with Crippen LogP contribution in [-0.2, 0) is 26.6 Å². The van der Waals surface area contributed by atoms with E-state index in [0.29, 0.717) is 18.7 Å². The minimum atomic E-state index is -3.99. The number of nitrogens with zero attached hydrogens (tertiary/aromatic N) is 1. The summed E-state index contributed by atoms with van der Waals surface area (Å²) in [5, 5.41) is -0.268. The van der Waals surface area contributed by atoms with Crippen molar-refractivity contribution in [1.29, 1.82) is 0 Å². The maximum absolute atomic E-state index is 12.7. The molecule has 3 rings (SSSR count). The van der Waals surface area contributed by atoms with Crippen molar-refractivity contribution in [3.63, 3.8) is 0 Å². The van der Waals surface area contributed by atoms with Crippen molar-refractivity contribution in [1.82, 2.24) is 9.03 Å². The summed E-state index contributed by atoms with van der Waals surface area (Å²) >= 11 is 5.81. The molecule has 0 atom stereocenters. The zero-order valence-electron chi connectivity index (χ0n) is 16.3. The minimum absolute atomic E-state index is 0.0979. The van der Waals surface area contributed by atoms with E-state index in [4.69, 9.17) is 11.6 Å². The highest BCUT2D eigenvalue weighted by molar-refractivity contribution is 7.89. The predicted molar refractivity (Wildman–Crippen MR) is 111 cm³/mol. The number of halogens is 3. The van der Waals surface area contributed by atoms with Crippen molar-refractivity contribution >= 4 is 31.6 Å². The van der Waals surface area contributed by atoms with E-state index in [1.54, 1.807) is 0 Å². The quantitative estimate of drug-likeness (QED) is 0.605. The van der Waals surface area contributed by atoms with Crippen LogP contribution < -0.4 is 9.46 Å². The topological polar surface area (TPSA) is 92.8 Å². The molecule has 12 heteroatoms. The molecule has 0 amide bonds. The van der Waals surface area contributed by atoms with Crippen molar-refractivity contribution in [2.45, 2.75) is 42.2 Å². The lowest BCUT2D eigenvalue weighted by Gasteiger charge is -2.25. The first-order valence-electron chi connectivity index (χ1n) is 9.43. The monoisotopic (exact) mass is 494 g/mol.